The van der Waals surface area contributed by atoms with Gasteiger partial charge in [0, 0.05) is 25.6 Å². The number of hydrogen-bond donors (Lipinski definition) is 1. The number of rotatable bonds is 5. The Balaban J connectivity index is 1.99. The van der Waals surface area contributed by atoms with Crippen LogP contribution in [-0.2, 0) is 11.3 Å². The predicted molar refractivity (Wildman–Crippen MR) is 86.7 cm³/mol. The first kappa shape index (κ1) is 16.0. The summed E-state index contributed by atoms with van der Waals surface area (Å²) in [6.45, 7) is 1.88. The first-order valence-corrected chi connectivity index (χ1v) is 8.34. The molecule has 21 heavy (non-hydrogen) atoms. The Morgan fingerprint density at radius 3 is 2.29 bits per heavy atom. The largest absolute Gasteiger partial charge is 0.337 e. The summed E-state index contributed by atoms with van der Waals surface area (Å²) < 4.78 is 0. The van der Waals surface area contributed by atoms with E-state index in [4.69, 9.17) is 5.73 Å². The van der Waals surface area contributed by atoms with E-state index in [1.807, 2.05) is 23.1 Å². The van der Waals surface area contributed by atoms with Gasteiger partial charge in [-0.1, -0.05) is 62.4 Å². The Bertz CT molecular complexity index is 410. The minimum absolute atomic E-state index is 0.209. The van der Waals surface area contributed by atoms with Gasteiger partial charge >= 0.3 is 0 Å². The van der Waals surface area contributed by atoms with Crippen molar-refractivity contribution in [3.8, 4) is 0 Å². The molecule has 1 aromatic carbocycles. The summed E-state index contributed by atoms with van der Waals surface area (Å²) in [6, 6.07) is 10.2. The van der Waals surface area contributed by atoms with Crippen LogP contribution in [0.1, 0.15) is 50.5 Å². The van der Waals surface area contributed by atoms with E-state index >= 15 is 0 Å². The van der Waals surface area contributed by atoms with Crippen LogP contribution >= 0.6 is 0 Å². The maximum atomic E-state index is 12.8. The molecule has 116 valence electrons. The van der Waals surface area contributed by atoms with Crippen molar-refractivity contribution in [3.63, 3.8) is 0 Å². The third-order valence-electron chi connectivity index (χ3n) is 4.38. The lowest BCUT2D eigenvalue weighted by atomic mass is 9.90. The minimum atomic E-state index is 0.209. The van der Waals surface area contributed by atoms with Crippen LogP contribution in [0.2, 0.25) is 0 Å². The highest BCUT2D eigenvalue weighted by molar-refractivity contribution is 5.78. The van der Waals surface area contributed by atoms with Crippen molar-refractivity contribution in [2.75, 3.05) is 13.1 Å². The molecule has 0 saturated heterocycles. The van der Waals surface area contributed by atoms with Gasteiger partial charge in [0.1, 0.15) is 0 Å². The number of carbonyl (C=O) groups is 1. The van der Waals surface area contributed by atoms with Crippen LogP contribution in [0.4, 0.5) is 0 Å². The Morgan fingerprint density at radius 1 is 1.05 bits per heavy atom. The van der Waals surface area contributed by atoms with E-state index in [1.54, 1.807) is 0 Å². The second-order valence-electron chi connectivity index (χ2n) is 6.08. The second-order valence-corrected chi connectivity index (χ2v) is 6.08. The lowest BCUT2D eigenvalue weighted by molar-refractivity contribution is -0.136. The first-order chi connectivity index (χ1) is 10.3. The molecule has 1 aliphatic carbocycles. The molecule has 0 heterocycles. The number of nitrogens with two attached hydrogens (primary N) is 1. The van der Waals surface area contributed by atoms with Crippen molar-refractivity contribution in [3.05, 3.63) is 35.9 Å². The first-order valence-electron chi connectivity index (χ1n) is 8.34. The summed E-state index contributed by atoms with van der Waals surface area (Å²) in [5.74, 6) is 0.520. The van der Waals surface area contributed by atoms with Gasteiger partial charge in [-0.05, 0) is 18.4 Å². The SMILES string of the molecule is NCCN(Cc1ccccc1)C(=O)C1CCCCCCC1. The van der Waals surface area contributed by atoms with Crippen molar-refractivity contribution in [1.29, 1.82) is 0 Å². The fourth-order valence-corrected chi connectivity index (χ4v) is 3.19. The molecular formula is C18H28N2O. The average Bonchev–Trinajstić information content (AvgIpc) is 2.47. The summed E-state index contributed by atoms with van der Waals surface area (Å²) in [6.07, 6.45) is 8.37. The summed E-state index contributed by atoms with van der Waals surface area (Å²) >= 11 is 0. The quantitative estimate of drug-likeness (QED) is 0.903. The van der Waals surface area contributed by atoms with Gasteiger partial charge in [0.2, 0.25) is 5.91 Å². The van der Waals surface area contributed by atoms with Gasteiger partial charge < -0.3 is 10.6 Å². The maximum Gasteiger partial charge on any atom is 0.226 e. The molecule has 0 unspecified atom stereocenters. The minimum Gasteiger partial charge on any atom is -0.337 e. The lowest BCUT2D eigenvalue weighted by Crippen LogP contribution is -2.39. The molecule has 0 aliphatic heterocycles. The van der Waals surface area contributed by atoms with Gasteiger partial charge in [0.05, 0.1) is 0 Å². The third kappa shape index (κ3) is 5.16. The molecule has 1 aliphatic rings. The van der Waals surface area contributed by atoms with Crippen molar-refractivity contribution >= 4 is 5.91 Å². The Morgan fingerprint density at radius 2 is 1.67 bits per heavy atom. The van der Waals surface area contributed by atoms with E-state index < -0.39 is 0 Å². The molecule has 0 atom stereocenters. The number of hydrogen-bond acceptors (Lipinski definition) is 2. The van der Waals surface area contributed by atoms with E-state index in [-0.39, 0.29) is 5.92 Å². The number of nitrogens with zero attached hydrogens (tertiary/aromatic N) is 1. The average molecular weight is 288 g/mol. The van der Waals surface area contributed by atoms with Crippen LogP contribution in [0.25, 0.3) is 0 Å². The van der Waals surface area contributed by atoms with Crippen molar-refractivity contribution in [1.82, 2.24) is 4.90 Å². The van der Waals surface area contributed by atoms with E-state index in [1.165, 1.54) is 37.7 Å². The summed E-state index contributed by atoms with van der Waals surface area (Å²) in [5.41, 5.74) is 6.90. The van der Waals surface area contributed by atoms with E-state index in [0.717, 1.165) is 12.8 Å². The molecule has 3 nitrogen and oxygen atoms in total. The van der Waals surface area contributed by atoms with Gasteiger partial charge in [-0.2, -0.15) is 0 Å². The smallest absolute Gasteiger partial charge is 0.226 e. The normalized spacial score (nSPS) is 17.0. The van der Waals surface area contributed by atoms with Crippen LogP contribution in [0.5, 0.6) is 0 Å². The Labute approximate surface area is 128 Å². The molecule has 1 fully saturated rings. The fourth-order valence-electron chi connectivity index (χ4n) is 3.19. The molecule has 1 aromatic rings. The molecule has 2 rings (SSSR count). The van der Waals surface area contributed by atoms with Crippen LogP contribution in [0.3, 0.4) is 0 Å². The van der Waals surface area contributed by atoms with E-state index in [0.29, 0.717) is 25.5 Å². The third-order valence-corrected chi connectivity index (χ3v) is 4.38. The van der Waals surface area contributed by atoms with Gasteiger partial charge in [0.15, 0.2) is 0 Å². The zero-order chi connectivity index (χ0) is 14.9. The number of benzene rings is 1. The van der Waals surface area contributed by atoms with Crippen LogP contribution in [0, 0.1) is 5.92 Å². The lowest BCUT2D eigenvalue weighted by Gasteiger charge is -2.28. The van der Waals surface area contributed by atoms with Crippen LogP contribution < -0.4 is 5.73 Å². The summed E-state index contributed by atoms with van der Waals surface area (Å²) in [4.78, 5) is 14.8. The molecule has 3 heteroatoms. The van der Waals surface area contributed by atoms with Crippen molar-refractivity contribution < 1.29 is 4.79 Å². The molecule has 1 saturated carbocycles. The van der Waals surface area contributed by atoms with Crippen LogP contribution in [0.15, 0.2) is 30.3 Å². The summed E-state index contributed by atoms with van der Waals surface area (Å²) in [5, 5.41) is 0. The predicted octanol–water partition coefficient (Wildman–Crippen LogP) is 3.33. The van der Waals surface area contributed by atoms with E-state index in [2.05, 4.69) is 12.1 Å². The van der Waals surface area contributed by atoms with Gasteiger partial charge in [0.25, 0.3) is 0 Å². The molecule has 0 radical (unpaired) electrons. The van der Waals surface area contributed by atoms with Gasteiger partial charge in [-0.3, -0.25) is 4.79 Å². The zero-order valence-corrected chi connectivity index (χ0v) is 13.0. The maximum absolute atomic E-state index is 12.8. The van der Waals surface area contributed by atoms with Crippen molar-refractivity contribution in [2.45, 2.75) is 51.5 Å². The second kappa shape index (κ2) is 8.83. The van der Waals surface area contributed by atoms with Crippen LogP contribution in [-0.4, -0.2) is 23.9 Å². The van der Waals surface area contributed by atoms with Gasteiger partial charge in [-0.25, -0.2) is 0 Å². The molecule has 2 N–H and O–H groups in total. The standard InChI is InChI=1S/C18H28N2O/c19-13-14-20(15-16-9-5-4-6-10-16)18(21)17-11-7-2-1-3-8-12-17/h4-6,9-10,17H,1-3,7-8,11-15,19H2. The summed E-state index contributed by atoms with van der Waals surface area (Å²) in [7, 11) is 0. The Hall–Kier alpha value is -1.35. The monoisotopic (exact) mass is 288 g/mol. The highest BCUT2D eigenvalue weighted by Gasteiger charge is 2.24. The molecule has 0 bridgehead atoms. The highest BCUT2D eigenvalue weighted by atomic mass is 16.2. The highest BCUT2D eigenvalue weighted by Crippen LogP contribution is 2.24. The van der Waals surface area contributed by atoms with E-state index in [9.17, 15) is 4.79 Å². The zero-order valence-electron chi connectivity index (χ0n) is 13.0. The Kier molecular flexibility index (Phi) is 6.74. The molecule has 0 spiro atoms. The molecule has 0 aromatic heterocycles. The number of carbonyl (C=O) groups excluding carboxylic acids is 1. The number of amides is 1. The molecule has 1 amide bonds. The molecular weight excluding hydrogens is 260 g/mol. The fraction of sp³-hybridized carbons (Fsp3) is 0.611. The van der Waals surface area contributed by atoms with Crippen molar-refractivity contribution in [2.24, 2.45) is 11.7 Å². The topological polar surface area (TPSA) is 46.3 Å². The van der Waals surface area contributed by atoms with Gasteiger partial charge in [-0.15, -0.1) is 0 Å².